The fourth-order valence-electron chi connectivity index (χ4n) is 4.86. The van der Waals surface area contributed by atoms with E-state index < -0.39 is 24.0 Å². The van der Waals surface area contributed by atoms with E-state index in [2.05, 4.69) is 23.5 Å². The number of carboxylic acid groups (broad SMARTS) is 1. The Morgan fingerprint density at radius 2 is 1.37 bits per heavy atom. The van der Waals surface area contributed by atoms with E-state index in [4.69, 9.17) is 4.74 Å². The van der Waals surface area contributed by atoms with Crippen LogP contribution in [0.5, 0.6) is 0 Å². The van der Waals surface area contributed by atoms with Crippen molar-refractivity contribution in [2.75, 3.05) is 0 Å². The van der Waals surface area contributed by atoms with Crippen LogP contribution in [0, 0.1) is 0 Å². The van der Waals surface area contributed by atoms with Crippen LogP contribution in [0.25, 0.3) is 11.1 Å². The van der Waals surface area contributed by atoms with E-state index in [0.717, 1.165) is 34.2 Å². The van der Waals surface area contributed by atoms with E-state index in [1.165, 1.54) is 11.1 Å². The second-order valence-corrected chi connectivity index (χ2v) is 8.61. The molecule has 0 spiro atoms. The van der Waals surface area contributed by atoms with Gasteiger partial charge in [0.1, 0.15) is 12.6 Å². The molecule has 5 heteroatoms. The molecule has 1 atom stereocenters. The van der Waals surface area contributed by atoms with Gasteiger partial charge in [0.25, 0.3) is 0 Å². The van der Waals surface area contributed by atoms with Gasteiger partial charge in [-0.25, -0.2) is 9.59 Å². The van der Waals surface area contributed by atoms with Crippen LogP contribution in [-0.4, -0.2) is 23.2 Å². The average molecular weight is 464 g/mol. The van der Waals surface area contributed by atoms with E-state index in [1.54, 1.807) is 0 Å². The second kappa shape index (κ2) is 9.85. The van der Waals surface area contributed by atoms with Crippen LogP contribution >= 0.6 is 0 Å². The number of benzene rings is 4. The number of rotatable bonds is 7. The number of fused-ring (bicyclic) bond motifs is 3. The highest BCUT2D eigenvalue weighted by Gasteiger charge is 2.33. The molecule has 2 N–H and O–H groups in total. The van der Waals surface area contributed by atoms with E-state index in [9.17, 15) is 14.7 Å². The average Bonchev–Trinajstić information content (AvgIpc) is 3.28. The molecule has 1 amide bonds. The molecule has 35 heavy (non-hydrogen) atoms. The summed E-state index contributed by atoms with van der Waals surface area (Å²) in [5.74, 6) is -1.70. The van der Waals surface area contributed by atoms with Crippen molar-refractivity contribution >= 4 is 12.1 Å². The number of ether oxygens (including phenoxy) is 1. The Labute approximate surface area is 204 Å². The van der Waals surface area contributed by atoms with Crippen LogP contribution in [0.15, 0.2) is 103 Å². The lowest BCUT2D eigenvalue weighted by atomic mass is 9.85. The number of alkyl carbamates (subject to hydrolysis) is 1. The normalized spacial score (nSPS) is 12.5. The summed E-state index contributed by atoms with van der Waals surface area (Å²) in [5, 5.41) is 12.7. The number of amides is 1. The fraction of sp³-hybridized carbons (Fsp3) is 0.133. The zero-order valence-corrected chi connectivity index (χ0v) is 19.1. The monoisotopic (exact) mass is 463 g/mol. The Morgan fingerprint density at radius 1 is 0.771 bits per heavy atom. The molecule has 4 aromatic rings. The molecule has 4 aromatic carbocycles. The molecule has 0 heterocycles. The van der Waals surface area contributed by atoms with Gasteiger partial charge < -0.3 is 15.2 Å². The van der Waals surface area contributed by atoms with Crippen molar-refractivity contribution < 1.29 is 19.4 Å². The fourth-order valence-corrected chi connectivity index (χ4v) is 4.86. The molecule has 0 aromatic heterocycles. The Hall–Kier alpha value is -4.38. The molecule has 174 valence electrons. The first-order chi connectivity index (χ1) is 17.1. The van der Waals surface area contributed by atoms with Crippen LogP contribution in [0.1, 0.15) is 33.7 Å². The van der Waals surface area contributed by atoms with Gasteiger partial charge in [-0.1, -0.05) is 103 Å². The number of carboxylic acids is 1. The molecule has 0 saturated carbocycles. The molecular formula is C30H25NO4. The predicted molar refractivity (Wildman–Crippen MR) is 134 cm³/mol. The van der Waals surface area contributed by atoms with Crippen molar-refractivity contribution in [3.8, 4) is 11.1 Å². The van der Waals surface area contributed by atoms with Crippen molar-refractivity contribution in [3.63, 3.8) is 0 Å². The summed E-state index contributed by atoms with van der Waals surface area (Å²) < 4.78 is 5.54. The molecular weight excluding hydrogens is 438 g/mol. The van der Waals surface area contributed by atoms with Gasteiger partial charge in [-0.05, 0) is 45.4 Å². The third-order valence-electron chi connectivity index (χ3n) is 6.50. The minimum atomic E-state index is -1.20. The largest absolute Gasteiger partial charge is 0.480 e. The number of hydrogen-bond donors (Lipinski definition) is 2. The molecule has 0 fully saturated rings. The van der Waals surface area contributed by atoms with Gasteiger partial charge in [0, 0.05) is 5.92 Å². The highest BCUT2D eigenvalue weighted by atomic mass is 16.5. The lowest BCUT2D eigenvalue weighted by molar-refractivity contribution is -0.139. The zero-order chi connectivity index (χ0) is 24.2. The minimum Gasteiger partial charge on any atom is -0.480 e. The number of carbonyl (C=O) groups is 2. The lowest BCUT2D eigenvalue weighted by Gasteiger charge is -2.25. The van der Waals surface area contributed by atoms with Crippen LogP contribution in [-0.2, 0) is 22.6 Å². The molecule has 5 nitrogen and oxygen atoms in total. The third-order valence-corrected chi connectivity index (χ3v) is 6.50. The zero-order valence-electron chi connectivity index (χ0n) is 19.1. The van der Waals surface area contributed by atoms with Crippen molar-refractivity contribution in [1.29, 1.82) is 0 Å². The predicted octanol–water partition coefficient (Wildman–Crippen LogP) is 5.77. The van der Waals surface area contributed by atoms with Gasteiger partial charge in [0.15, 0.2) is 0 Å². The van der Waals surface area contributed by atoms with Crippen molar-refractivity contribution in [2.45, 2.75) is 25.0 Å². The summed E-state index contributed by atoms with van der Waals surface area (Å²) in [4.78, 5) is 25.1. The Bertz CT molecular complexity index is 1310. The number of aliphatic carboxylic acids is 1. The Kier molecular flexibility index (Phi) is 6.31. The van der Waals surface area contributed by atoms with Gasteiger partial charge in [0.05, 0.1) is 0 Å². The number of nitrogens with one attached hydrogen (secondary N) is 1. The highest BCUT2D eigenvalue weighted by Crippen LogP contribution is 2.38. The van der Waals surface area contributed by atoms with Gasteiger partial charge in [0.2, 0.25) is 0 Å². The molecule has 5 rings (SSSR count). The molecule has 1 aliphatic carbocycles. The summed E-state index contributed by atoms with van der Waals surface area (Å²) >= 11 is 0. The van der Waals surface area contributed by atoms with Crippen LogP contribution in [0.2, 0.25) is 0 Å². The smallest absolute Gasteiger partial charge is 0.408 e. The SMILES string of the molecule is O=C(N[C@H](C(=O)O)C(c1ccccc1)c1ccccc1)OCc1cccc2c1Cc1ccccc1-2. The first kappa shape index (κ1) is 22.4. The molecule has 0 aliphatic heterocycles. The molecule has 0 saturated heterocycles. The summed E-state index contributed by atoms with van der Waals surface area (Å²) in [5.41, 5.74) is 7.26. The topological polar surface area (TPSA) is 75.6 Å². The number of hydrogen-bond acceptors (Lipinski definition) is 3. The first-order valence-corrected chi connectivity index (χ1v) is 11.6. The maximum absolute atomic E-state index is 12.8. The van der Waals surface area contributed by atoms with E-state index >= 15 is 0 Å². The van der Waals surface area contributed by atoms with E-state index in [1.807, 2.05) is 84.9 Å². The minimum absolute atomic E-state index is 0.0661. The van der Waals surface area contributed by atoms with Crippen molar-refractivity contribution in [1.82, 2.24) is 5.32 Å². The van der Waals surface area contributed by atoms with Gasteiger partial charge >= 0.3 is 12.1 Å². The van der Waals surface area contributed by atoms with E-state index in [-0.39, 0.29) is 6.61 Å². The highest BCUT2D eigenvalue weighted by molar-refractivity contribution is 5.82. The Balaban J connectivity index is 1.34. The van der Waals surface area contributed by atoms with Gasteiger partial charge in [-0.2, -0.15) is 0 Å². The van der Waals surface area contributed by atoms with E-state index in [0.29, 0.717) is 0 Å². The summed E-state index contributed by atoms with van der Waals surface area (Å²) in [6.07, 6.45) is 0.0245. The quantitative estimate of drug-likeness (QED) is 0.321. The molecule has 0 radical (unpaired) electrons. The third kappa shape index (κ3) is 4.66. The van der Waals surface area contributed by atoms with Crippen LogP contribution in [0.3, 0.4) is 0 Å². The van der Waals surface area contributed by atoms with Crippen molar-refractivity contribution in [3.05, 3.63) is 131 Å². The maximum Gasteiger partial charge on any atom is 0.408 e. The summed E-state index contributed by atoms with van der Waals surface area (Å²) in [7, 11) is 0. The lowest BCUT2D eigenvalue weighted by Crippen LogP contribution is -2.45. The van der Waals surface area contributed by atoms with Crippen LogP contribution < -0.4 is 5.32 Å². The first-order valence-electron chi connectivity index (χ1n) is 11.6. The standard InChI is InChI=1S/C30H25NO4/c32-29(33)28(27(20-10-3-1-4-11-20)21-12-5-2-6-13-21)31-30(34)35-19-23-15-9-17-25-24-16-8-7-14-22(24)18-26(23)25/h1-17,27-28H,18-19H2,(H,31,34)(H,32,33)/t28-/m0/s1. The van der Waals surface area contributed by atoms with Gasteiger partial charge in [-0.15, -0.1) is 0 Å². The van der Waals surface area contributed by atoms with Crippen LogP contribution in [0.4, 0.5) is 4.79 Å². The molecule has 1 aliphatic rings. The summed E-state index contributed by atoms with van der Waals surface area (Å²) in [6.45, 7) is 0.0661. The van der Waals surface area contributed by atoms with Crippen molar-refractivity contribution in [2.24, 2.45) is 0 Å². The molecule has 0 unspecified atom stereocenters. The number of carbonyl (C=O) groups excluding carboxylic acids is 1. The second-order valence-electron chi connectivity index (χ2n) is 8.61. The molecule has 0 bridgehead atoms. The summed E-state index contributed by atoms with van der Waals surface area (Å²) in [6, 6.07) is 31.7. The Morgan fingerprint density at radius 3 is 2.03 bits per heavy atom. The van der Waals surface area contributed by atoms with Gasteiger partial charge in [-0.3, -0.25) is 0 Å². The maximum atomic E-state index is 12.8.